The van der Waals surface area contributed by atoms with Crippen LogP contribution in [0.4, 0.5) is 11.4 Å². The topological polar surface area (TPSA) is 32.3 Å². The maximum atomic E-state index is 12.1. The molecule has 2 aromatic carbocycles. The molecule has 3 rings (SSSR count). The van der Waals surface area contributed by atoms with Gasteiger partial charge in [0.1, 0.15) is 0 Å². The van der Waals surface area contributed by atoms with Gasteiger partial charge in [-0.15, -0.1) is 0 Å². The van der Waals surface area contributed by atoms with Crippen LogP contribution in [0.2, 0.25) is 10.0 Å². The summed E-state index contributed by atoms with van der Waals surface area (Å²) < 4.78 is 0. The zero-order chi connectivity index (χ0) is 17.6. The fraction of sp³-hybridized carbons (Fsp3) is 0.250. The lowest BCUT2D eigenvalue weighted by Gasteiger charge is -2.28. The van der Waals surface area contributed by atoms with E-state index in [0.29, 0.717) is 10.0 Å². The highest BCUT2D eigenvalue weighted by molar-refractivity contribution is 6.35. The lowest BCUT2D eigenvalue weighted by Crippen LogP contribution is -2.29. The van der Waals surface area contributed by atoms with E-state index in [9.17, 15) is 4.79 Å². The van der Waals surface area contributed by atoms with E-state index >= 15 is 0 Å². The molecule has 0 unspecified atom stereocenters. The fourth-order valence-corrected chi connectivity index (χ4v) is 3.37. The molecule has 1 aliphatic rings. The number of anilines is 2. The van der Waals surface area contributed by atoms with Crippen LogP contribution in [-0.2, 0) is 4.79 Å². The van der Waals surface area contributed by atoms with Crippen molar-refractivity contribution in [3.63, 3.8) is 0 Å². The fourth-order valence-electron chi connectivity index (χ4n) is 2.89. The number of piperidine rings is 1. The van der Waals surface area contributed by atoms with Gasteiger partial charge in [0, 0.05) is 40.6 Å². The highest BCUT2D eigenvalue weighted by atomic mass is 35.5. The third-order valence-electron chi connectivity index (χ3n) is 4.23. The number of carbonyl (C=O) groups excluding carboxylic acids is 1. The Balaban J connectivity index is 1.59. The lowest BCUT2D eigenvalue weighted by molar-refractivity contribution is -0.111. The largest absolute Gasteiger partial charge is 0.372 e. The molecule has 0 aromatic heterocycles. The van der Waals surface area contributed by atoms with Crippen LogP contribution in [0.5, 0.6) is 0 Å². The van der Waals surface area contributed by atoms with E-state index in [1.165, 1.54) is 31.0 Å². The van der Waals surface area contributed by atoms with E-state index in [2.05, 4.69) is 22.3 Å². The van der Waals surface area contributed by atoms with Crippen LogP contribution in [0.25, 0.3) is 6.08 Å². The predicted molar refractivity (Wildman–Crippen MR) is 107 cm³/mol. The minimum absolute atomic E-state index is 0.197. The number of amides is 1. The molecule has 0 spiro atoms. The van der Waals surface area contributed by atoms with Crippen LogP contribution in [-0.4, -0.2) is 19.0 Å². The van der Waals surface area contributed by atoms with Crippen LogP contribution >= 0.6 is 23.2 Å². The average Bonchev–Trinajstić information content (AvgIpc) is 2.62. The standard InChI is InChI=1S/C20H20Cl2N2O/c21-16-6-4-15(19(22)14-16)5-11-20(25)23-17-7-9-18(10-8-17)24-12-2-1-3-13-24/h4-11,14H,1-3,12-13H2,(H,23,25). The highest BCUT2D eigenvalue weighted by Crippen LogP contribution is 2.23. The Labute approximate surface area is 158 Å². The van der Waals surface area contributed by atoms with Crippen molar-refractivity contribution in [3.8, 4) is 0 Å². The van der Waals surface area contributed by atoms with Crippen LogP contribution in [0.3, 0.4) is 0 Å². The summed E-state index contributed by atoms with van der Waals surface area (Å²) in [7, 11) is 0. The molecule has 0 atom stereocenters. The van der Waals surface area contributed by atoms with Crippen molar-refractivity contribution >= 4 is 46.6 Å². The first-order chi connectivity index (χ1) is 12.1. The Morgan fingerprint density at radius 1 is 1.00 bits per heavy atom. The third-order valence-corrected chi connectivity index (χ3v) is 4.80. The molecule has 0 bridgehead atoms. The maximum absolute atomic E-state index is 12.1. The number of carbonyl (C=O) groups is 1. The zero-order valence-electron chi connectivity index (χ0n) is 13.8. The van der Waals surface area contributed by atoms with Gasteiger partial charge in [-0.3, -0.25) is 4.79 Å². The molecular weight excluding hydrogens is 355 g/mol. The van der Waals surface area contributed by atoms with Gasteiger partial charge in [0.2, 0.25) is 5.91 Å². The summed E-state index contributed by atoms with van der Waals surface area (Å²) in [5.41, 5.74) is 2.74. The van der Waals surface area contributed by atoms with Crippen molar-refractivity contribution in [2.24, 2.45) is 0 Å². The van der Waals surface area contributed by atoms with E-state index < -0.39 is 0 Å². The van der Waals surface area contributed by atoms with Gasteiger partial charge in [0.15, 0.2) is 0 Å². The van der Waals surface area contributed by atoms with Gasteiger partial charge in [-0.2, -0.15) is 0 Å². The van der Waals surface area contributed by atoms with E-state index in [1.54, 1.807) is 24.3 Å². The smallest absolute Gasteiger partial charge is 0.248 e. The summed E-state index contributed by atoms with van der Waals surface area (Å²) in [6, 6.07) is 13.2. The summed E-state index contributed by atoms with van der Waals surface area (Å²) in [6.07, 6.45) is 6.95. The van der Waals surface area contributed by atoms with Crippen LogP contribution in [0, 0.1) is 0 Å². The van der Waals surface area contributed by atoms with Crippen LogP contribution in [0.15, 0.2) is 48.5 Å². The number of hydrogen-bond acceptors (Lipinski definition) is 2. The normalized spacial score (nSPS) is 14.7. The summed E-state index contributed by atoms with van der Waals surface area (Å²) >= 11 is 12.0. The first-order valence-electron chi connectivity index (χ1n) is 8.41. The third kappa shape index (κ3) is 5.00. The molecule has 1 amide bonds. The maximum Gasteiger partial charge on any atom is 0.248 e. The molecule has 130 valence electrons. The quantitative estimate of drug-likeness (QED) is 0.702. The van der Waals surface area contributed by atoms with Gasteiger partial charge in [-0.25, -0.2) is 0 Å². The van der Waals surface area contributed by atoms with Gasteiger partial charge in [-0.1, -0.05) is 29.3 Å². The molecule has 1 aliphatic heterocycles. The van der Waals surface area contributed by atoms with Crippen molar-refractivity contribution in [3.05, 3.63) is 64.1 Å². The monoisotopic (exact) mass is 374 g/mol. The molecule has 2 aromatic rings. The highest BCUT2D eigenvalue weighted by Gasteiger charge is 2.10. The Morgan fingerprint density at radius 2 is 1.72 bits per heavy atom. The number of nitrogens with one attached hydrogen (secondary N) is 1. The molecule has 1 heterocycles. The van der Waals surface area contributed by atoms with Gasteiger partial charge >= 0.3 is 0 Å². The zero-order valence-corrected chi connectivity index (χ0v) is 15.4. The molecule has 1 N–H and O–H groups in total. The molecule has 0 aliphatic carbocycles. The number of halogens is 2. The Hall–Kier alpha value is -1.97. The van der Waals surface area contributed by atoms with Crippen LogP contribution < -0.4 is 10.2 Å². The number of benzene rings is 2. The molecule has 5 heteroatoms. The molecule has 3 nitrogen and oxygen atoms in total. The average molecular weight is 375 g/mol. The van der Waals surface area contributed by atoms with Gasteiger partial charge in [0.05, 0.1) is 0 Å². The molecule has 1 fully saturated rings. The van der Waals surface area contributed by atoms with Crippen molar-refractivity contribution in [2.45, 2.75) is 19.3 Å². The van der Waals surface area contributed by atoms with E-state index in [0.717, 1.165) is 24.3 Å². The number of hydrogen-bond donors (Lipinski definition) is 1. The first-order valence-corrected chi connectivity index (χ1v) is 9.16. The summed E-state index contributed by atoms with van der Waals surface area (Å²) in [4.78, 5) is 14.5. The Morgan fingerprint density at radius 3 is 2.40 bits per heavy atom. The number of nitrogens with zero attached hydrogens (tertiary/aromatic N) is 1. The SMILES string of the molecule is O=C(C=Cc1ccc(Cl)cc1Cl)Nc1ccc(N2CCCCC2)cc1. The van der Waals surface area contributed by atoms with Gasteiger partial charge in [0.25, 0.3) is 0 Å². The Bertz CT molecular complexity index is 766. The Kier molecular flexibility index (Phi) is 6.00. The molecule has 0 radical (unpaired) electrons. The van der Waals surface area contributed by atoms with E-state index in [1.807, 2.05) is 12.1 Å². The van der Waals surface area contributed by atoms with Crippen molar-refractivity contribution in [2.75, 3.05) is 23.3 Å². The molecule has 1 saturated heterocycles. The second-order valence-corrected chi connectivity index (χ2v) is 6.93. The van der Waals surface area contributed by atoms with Crippen molar-refractivity contribution in [1.82, 2.24) is 0 Å². The van der Waals surface area contributed by atoms with Crippen molar-refractivity contribution in [1.29, 1.82) is 0 Å². The van der Waals surface area contributed by atoms with E-state index in [-0.39, 0.29) is 5.91 Å². The summed E-state index contributed by atoms with van der Waals surface area (Å²) in [5.74, 6) is -0.197. The van der Waals surface area contributed by atoms with Crippen LogP contribution in [0.1, 0.15) is 24.8 Å². The minimum Gasteiger partial charge on any atom is -0.372 e. The summed E-state index contributed by atoms with van der Waals surface area (Å²) in [6.45, 7) is 2.21. The predicted octanol–water partition coefficient (Wildman–Crippen LogP) is 5.64. The number of rotatable bonds is 4. The van der Waals surface area contributed by atoms with Gasteiger partial charge < -0.3 is 10.2 Å². The second-order valence-electron chi connectivity index (χ2n) is 6.08. The molecule has 25 heavy (non-hydrogen) atoms. The van der Waals surface area contributed by atoms with Gasteiger partial charge in [-0.05, 0) is 67.3 Å². The molecule has 0 saturated carbocycles. The van der Waals surface area contributed by atoms with E-state index in [4.69, 9.17) is 23.2 Å². The first kappa shape index (κ1) is 17.8. The lowest BCUT2D eigenvalue weighted by atomic mass is 10.1. The molecular formula is C20H20Cl2N2O. The van der Waals surface area contributed by atoms with Crippen molar-refractivity contribution < 1.29 is 4.79 Å². The summed E-state index contributed by atoms with van der Waals surface area (Å²) in [5, 5.41) is 3.95. The minimum atomic E-state index is -0.197. The second kappa shape index (κ2) is 8.41.